The standard InChI is InChI=1S/C43H59N5O8/c1-29-24-48(30(2)27-49)43(52)34-23-33(45-41(50)15-6-5-7-16-42(51)46-36-14-9-8-13-35(36)44)18-20-37(34)56-31(3)12-10-11-21-53-40(29)26-47(4)25-32-17-19-38-39(22-32)55-28-54-38/h8-9,13-14,17-20,22-23,29-31,40,49H,5-7,10-12,15-16,21,24-28,44H2,1-4H3,(H,45,50)(H,46,51)/t29-,30+,31+,40-/m0/s1. The smallest absolute Gasteiger partial charge is 0.258 e. The average molecular weight is 774 g/mol. The van der Waals surface area contributed by atoms with Gasteiger partial charge in [0.05, 0.1) is 41.8 Å². The Bertz CT molecular complexity index is 1770. The summed E-state index contributed by atoms with van der Waals surface area (Å²) in [5.74, 6) is 1.25. The van der Waals surface area contributed by atoms with Crippen molar-refractivity contribution < 1.29 is 38.4 Å². The van der Waals surface area contributed by atoms with Crippen LogP contribution in [0.3, 0.4) is 0 Å². The second kappa shape index (κ2) is 20.9. The number of carbonyl (C=O) groups is 3. The zero-order chi connectivity index (χ0) is 40.0. The molecule has 13 nitrogen and oxygen atoms in total. The lowest BCUT2D eigenvalue weighted by Crippen LogP contribution is -2.47. The number of unbranched alkanes of at least 4 members (excludes halogenated alkanes) is 2. The van der Waals surface area contributed by atoms with Crippen molar-refractivity contribution in [2.75, 3.05) is 56.5 Å². The van der Waals surface area contributed by atoms with Gasteiger partial charge in [-0.2, -0.15) is 0 Å². The van der Waals surface area contributed by atoms with Gasteiger partial charge in [0.2, 0.25) is 18.6 Å². The highest BCUT2D eigenvalue weighted by molar-refractivity contribution is 6.00. The molecule has 2 aliphatic rings. The predicted octanol–water partition coefficient (Wildman–Crippen LogP) is 6.45. The quantitative estimate of drug-likeness (QED) is 0.106. The van der Waals surface area contributed by atoms with Crippen LogP contribution in [0.2, 0.25) is 0 Å². The number of hydrogen-bond acceptors (Lipinski definition) is 10. The topological polar surface area (TPSA) is 165 Å². The first-order chi connectivity index (χ1) is 27.0. The lowest BCUT2D eigenvalue weighted by molar-refractivity contribution is -0.116. The van der Waals surface area contributed by atoms with E-state index in [2.05, 4.69) is 29.5 Å². The van der Waals surface area contributed by atoms with Gasteiger partial charge < -0.3 is 45.3 Å². The number of carbonyl (C=O) groups excluding carboxylic acids is 3. The number of amides is 3. The number of ether oxygens (including phenoxy) is 4. The summed E-state index contributed by atoms with van der Waals surface area (Å²) < 4.78 is 23.9. The maximum atomic E-state index is 14.5. The molecule has 2 aliphatic heterocycles. The molecule has 0 spiro atoms. The van der Waals surface area contributed by atoms with Crippen LogP contribution in [-0.2, 0) is 20.9 Å². The number of hydrogen-bond donors (Lipinski definition) is 4. The van der Waals surface area contributed by atoms with Gasteiger partial charge in [-0.15, -0.1) is 0 Å². The highest BCUT2D eigenvalue weighted by Crippen LogP contribution is 2.33. The summed E-state index contributed by atoms with van der Waals surface area (Å²) in [6, 6.07) is 17.8. The van der Waals surface area contributed by atoms with Gasteiger partial charge in [0.25, 0.3) is 5.91 Å². The Balaban J connectivity index is 1.23. The monoisotopic (exact) mass is 773 g/mol. The fourth-order valence-electron chi connectivity index (χ4n) is 6.98. The molecule has 304 valence electrons. The van der Waals surface area contributed by atoms with Gasteiger partial charge in [0.15, 0.2) is 11.5 Å². The number of aliphatic hydroxyl groups is 1. The van der Waals surface area contributed by atoms with Crippen LogP contribution in [0.1, 0.15) is 88.1 Å². The Morgan fingerprint density at radius 2 is 1.68 bits per heavy atom. The van der Waals surface area contributed by atoms with Crippen LogP contribution in [0.5, 0.6) is 17.2 Å². The molecule has 56 heavy (non-hydrogen) atoms. The van der Waals surface area contributed by atoms with Crippen molar-refractivity contribution in [3.63, 3.8) is 0 Å². The van der Waals surface area contributed by atoms with E-state index < -0.39 is 6.04 Å². The zero-order valence-corrected chi connectivity index (χ0v) is 33.3. The van der Waals surface area contributed by atoms with Crippen LogP contribution in [0, 0.1) is 5.92 Å². The molecule has 3 aromatic rings. The van der Waals surface area contributed by atoms with Crippen LogP contribution in [0.25, 0.3) is 0 Å². The van der Waals surface area contributed by atoms with E-state index in [0.717, 1.165) is 36.3 Å². The summed E-state index contributed by atoms with van der Waals surface area (Å²) in [7, 11) is 2.05. The maximum absolute atomic E-state index is 14.5. The number of nitrogens with one attached hydrogen (secondary N) is 2. The Hall–Kier alpha value is -4.85. The predicted molar refractivity (Wildman–Crippen MR) is 217 cm³/mol. The molecule has 3 amide bonds. The highest BCUT2D eigenvalue weighted by atomic mass is 16.7. The molecule has 0 saturated heterocycles. The van der Waals surface area contributed by atoms with Crippen LogP contribution in [-0.4, -0.2) is 91.0 Å². The van der Waals surface area contributed by atoms with E-state index in [4.69, 9.17) is 24.7 Å². The number of nitrogens with zero attached hydrogens (tertiary/aromatic N) is 2. The number of aliphatic hydroxyl groups excluding tert-OH is 1. The summed E-state index contributed by atoms with van der Waals surface area (Å²) in [6.45, 7) is 8.13. The van der Waals surface area contributed by atoms with E-state index in [-0.39, 0.29) is 55.7 Å². The molecular weight excluding hydrogens is 714 g/mol. The van der Waals surface area contributed by atoms with E-state index in [1.807, 2.05) is 44.2 Å². The minimum Gasteiger partial charge on any atom is -0.490 e. The second-order valence-electron chi connectivity index (χ2n) is 15.1. The van der Waals surface area contributed by atoms with E-state index in [1.165, 1.54) is 0 Å². The van der Waals surface area contributed by atoms with Gasteiger partial charge >= 0.3 is 0 Å². The highest BCUT2D eigenvalue weighted by Gasteiger charge is 2.30. The van der Waals surface area contributed by atoms with E-state index in [0.29, 0.717) is 80.3 Å². The minimum atomic E-state index is -0.486. The summed E-state index contributed by atoms with van der Waals surface area (Å²) in [4.78, 5) is 43.8. The first-order valence-corrected chi connectivity index (χ1v) is 19.9. The molecule has 0 aromatic heterocycles. The van der Waals surface area contributed by atoms with Crippen LogP contribution < -0.4 is 30.6 Å². The molecule has 0 aliphatic carbocycles. The largest absolute Gasteiger partial charge is 0.490 e. The molecule has 0 radical (unpaired) electrons. The molecule has 0 unspecified atom stereocenters. The van der Waals surface area contributed by atoms with Crippen molar-refractivity contribution in [2.24, 2.45) is 5.92 Å². The maximum Gasteiger partial charge on any atom is 0.258 e. The molecule has 0 saturated carbocycles. The third-order valence-electron chi connectivity index (χ3n) is 10.3. The summed E-state index contributed by atoms with van der Waals surface area (Å²) >= 11 is 0. The fraction of sp³-hybridized carbons (Fsp3) is 0.512. The Kier molecular flexibility index (Phi) is 15.8. The van der Waals surface area contributed by atoms with Crippen LogP contribution in [0.4, 0.5) is 17.1 Å². The molecule has 2 heterocycles. The van der Waals surface area contributed by atoms with Crippen LogP contribution in [0.15, 0.2) is 60.7 Å². The van der Waals surface area contributed by atoms with Crippen molar-refractivity contribution in [2.45, 2.75) is 96.9 Å². The molecule has 0 bridgehead atoms. The van der Waals surface area contributed by atoms with Gasteiger partial charge in [-0.3, -0.25) is 19.3 Å². The normalized spacial score (nSPS) is 19.4. The average Bonchev–Trinajstić information content (AvgIpc) is 3.65. The van der Waals surface area contributed by atoms with Gasteiger partial charge in [-0.25, -0.2) is 0 Å². The molecule has 3 aromatic carbocycles. The SMILES string of the molecule is C[C@@H]1CCCCO[C@@H](CN(C)Cc2ccc3c(c2)OCO3)[C@@H](C)CN([C@H](C)CO)C(=O)c2cc(NC(=O)CCCCCC(=O)Nc3ccccc3N)ccc2O1. The number of nitrogens with two attached hydrogens (primary N) is 1. The molecule has 5 N–H and O–H groups in total. The number of anilines is 3. The first-order valence-electron chi connectivity index (χ1n) is 19.9. The van der Waals surface area contributed by atoms with Crippen molar-refractivity contribution in [3.05, 3.63) is 71.8 Å². The third-order valence-corrected chi connectivity index (χ3v) is 10.3. The number of para-hydroxylation sites is 2. The molecule has 0 fully saturated rings. The van der Waals surface area contributed by atoms with E-state index in [1.54, 1.807) is 35.2 Å². The Labute approximate surface area is 330 Å². The van der Waals surface area contributed by atoms with Crippen molar-refractivity contribution in [1.29, 1.82) is 0 Å². The number of nitrogen functional groups attached to an aromatic ring is 1. The molecule has 13 heteroatoms. The number of rotatable bonds is 14. The molecule has 5 rings (SSSR count). The number of likely N-dealkylation sites (N-methyl/N-ethyl adjacent to an activating group) is 1. The van der Waals surface area contributed by atoms with Crippen molar-refractivity contribution in [1.82, 2.24) is 9.80 Å². The lowest BCUT2D eigenvalue weighted by atomic mass is 10.0. The van der Waals surface area contributed by atoms with Crippen LogP contribution >= 0.6 is 0 Å². The zero-order valence-electron chi connectivity index (χ0n) is 33.3. The fourth-order valence-corrected chi connectivity index (χ4v) is 6.98. The van der Waals surface area contributed by atoms with Crippen molar-refractivity contribution >= 4 is 34.8 Å². The van der Waals surface area contributed by atoms with Crippen molar-refractivity contribution in [3.8, 4) is 17.2 Å². The summed E-state index contributed by atoms with van der Waals surface area (Å²) in [5.41, 5.74) is 8.92. The number of benzene rings is 3. The number of fused-ring (bicyclic) bond motifs is 2. The molecule has 4 atom stereocenters. The first kappa shape index (κ1) is 42.3. The Morgan fingerprint density at radius 1 is 0.946 bits per heavy atom. The second-order valence-corrected chi connectivity index (χ2v) is 15.1. The molecular formula is C43H59N5O8. The summed E-state index contributed by atoms with van der Waals surface area (Å²) in [6.07, 6.45) is 4.72. The van der Waals surface area contributed by atoms with Gasteiger partial charge in [0.1, 0.15) is 5.75 Å². The Morgan fingerprint density at radius 3 is 2.45 bits per heavy atom. The summed E-state index contributed by atoms with van der Waals surface area (Å²) in [5, 5.41) is 16.1. The van der Waals surface area contributed by atoms with Gasteiger partial charge in [-0.05, 0) is 101 Å². The van der Waals surface area contributed by atoms with Gasteiger partial charge in [0, 0.05) is 50.7 Å². The third kappa shape index (κ3) is 12.3. The lowest BCUT2D eigenvalue weighted by Gasteiger charge is -2.36. The van der Waals surface area contributed by atoms with E-state index >= 15 is 0 Å². The minimum absolute atomic E-state index is 0.0798. The van der Waals surface area contributed by atoms with E-state index in [9.17, 15) is 19.5 Å². The van der Waals surface area contributed by atoms with Gasteiger partial charge in [-0.1, -0.05) is 31.5 Å².